The number of H-pyrrole nitrogens is 1. The lowest BCUT2D eigenvalue weighted by molar-refractivity contribution is 0.248. The van der Waals surface area contributed by atoms with Crippen LogP contribution in [0.3, 0.4) is 0 Å². The molecule has 2 aromatic carbocycles. The first-order chi connectivity index (χ1) is 13.5. The van der Waals surface area contributed by atoms with Gasteiger partial charge >= 0.3 is 0 Å². The molecule has 3 aromatic rings. The zero-order chi connectivity index (χ0) is 19.8. The molecule has 0 unspecified atom stereocenters. The molecule has 0 aliphatic carbocycles. The van der Waals surface area contributed by atoms with Crippen LogP contribution in [0.2, 0.25) is 0 Å². The van der Waals surface area contributed by atoms with Gasteiger partial charge in [0.1, 0.15) is 11.3 Å². The van der Waals surface area contributed by atoms with Crippen molar-refractivity contribution in [2.45, 2.75) is 6.54 Å². The molecule has 1 aliphatic heterocycles. The maximum atomic E-state index is 5.33. The topological polar surface area (TPSA) is 44.4 Å². The van der Waals surface area contributed by atoms with Crippen molar-refractivity contribution in [3.63, 3.8) is 0 Å². The van der Waals surface area contributed by atoms with Gasteiger partial charge in [-0.3, -0.25) is 4.90 Å². The van der Waals surface area contributed by atoms with E-state index in [-0.39, 0.29) is 0 Å². The molecule has 28 heavy (non-hydrogen) atoms. The first kappa shape index (κ1) is 20.7. The third-order valence-electron chi connectivity index (χ3n) is 4.91. The van der Waals surface area contributed by atoms with Gasteiger partial charge in [-0.15, -0.1) is 0 Å². The van der Waals surface area contributed by atoms with Gasteiger partial charge in [-0.2, -0.15) is 0 Å². The largest absolute Gasteiger partial charge is 0.497 e. The van der Waals surface area contributed by atoms with E-state index in [1.54, 1.807) is 7.11 Å². The number of halogens is 4. The van der Waals surface area contributed by atoms with E-state index in [9.17, 15) is 0 Å². The SMILES string of the molecule is COc1cccc(CN2CCN(c3nc4c(Br)c(Br)c(Br)c(Br)c4[nH]3)CC2)c1. The second kappa shape index (κ2) is 8.63. The first-order valence-electron chi connectivity index (χ1n) is 8.80. The number of nitrogens with zero attached hydrogens (tertiary/aromatic N) is 3. The predicted molar refractivity (Wildman–Crippen MR) is 127 cm³/mol. The Morgan fingerprint density at radius 1 is 1.00 bits per heavy atom. The van der Waals surface area contributed by atoms with E-state index in [0.717, 1.165) is 73.3 Å². The average molecular weight is 638 g/mol. The first-order valence-corrected chi connectivity index (χ1v) is 12.0. The zero-order valence-corrected chi connectivity index (χ0v) is 21.5. The van der Waals surface area contributed by atoms with E-state index in [1.807, 2.05) is 12.1 Å². The third kappa shape index (κ3) is 4.01. The fourth-order valence-electron chi connectivity index (χ4n) is 3.38. The molecular formula is C19H18Br4N4O. The Labute approximate surface area is 197 Å². The van der Waals surface area contributed by atoms with E-state index < -0.39 is 0 Å². The molecule has 4 rings (SSSR count). The Kier molecular flexibility index (Phi) is 6.37. The van der Waals surface area contributed by atoms with Crippen molar-refractivity contribution < 1.29 is 4.74 Å². The Balaban J connectivity index is 1.48. The fraction of sp³-hybridized carbons (Fsp3) is 0.316. The highest BCUT2D eigenvalue weighted by Gasteiger charge is 2.23. The average Bonchev–Trinajstić information content (AvgIpc) is 3.17. The Hall–Kier alpha value is -0.610. The lowest BCUT2D eigenvalue weighted by Gasteiger charge is -2.34. The minimum Gasteiger partial charge on any atom is -0.497 e. The summed E-state index contributed by atoms with van der Waals surface area (Å²) < 4.78 is 9.15. The number of anilines is 1. The minimum atomic E-state index is 0.905. The van der Waals surface area contributed by atoms with Crippen LogP contribution in [0, 0.1) is 0 Å². The molecule has 1 N–H and O–H groups in total. The van der Waals surface area contributed by atoms with Crippen molar-refractivity contribution in [2.24, 2.45) is 0 Å². The summed E-state index contributed by atoms with van der Waals surface area (Å²) in [6.07, 6.45) is 0. The molecular weight excluding hydrogens is 620 g/mol. The van der Waals surface area contributed by atoms with Crippen LogP contribution in [0.1, 0.15) is 5.56 Å². The van der Waals surface area contributed by atoms with Crippen molar-refractivity contribution in [3.8, 4) is 5.75 Å². The Morgan fingerprint density at radius 3 is 2.43 bits per heavy atom. The smallest absolute Gasteiger partial charge is 0.203 e. The Bertz CT molecular complexity index is 970. The molecule has 5 nitrogen and oxygen atoms in total. The van der Waals surface area contributed by atoms with Gasteiger partial charge in [-0.05, 0) is 81.4 Å². The molecule has 1 aromatic heterocycles. The summed E-state index contributed by atoms with van der Waals surface area (Å²) in [5, 5.41) is 0. The molecule has 0 amide bonds. The quantitative estimate of drug-likeness (QED) is 0.284. The highest BCUT2D eigenvalue weighted by atomic mass is 79.9. The molecule has 2 heterocycles. The summed E-state index contributed by atoms with van der Waals surface area (Å²) in [4.78, 5) is 13.1. The maximum Gasteiger partial charge on any atom is 0.203 e. The number of aromatic amines is 1. The van der Waals surface area contributed by atoms with Crippen LogP contribution < -0.4 is 9.64 Å². The molecule has 1 saturated heterocycles. The maximum absolute atomic E-state index is 5.33. The number of methoxy groups -OCH3 is 1. The zero-order valence-electron chi connectivity index (χ0n) is 15.1. The van der Waals surface area contributed by atoms with Gasteiger partial charge in [-0.25, -0.2) is 4.98 Å². The molecule has 0 radical (unpaired) electrons. The van der Waals surface area contributed by atoms with Gasteiger partial charge < -0.3 is 14.6 Å². The highest BCUT2D eigenvalue weighted by Crippen LogP contribution is 2.43. The summed E-state index contributed by atoms with van der Waals surface area (Å²) in [6.45, 7) is 4.78. The number of rotatable bonds is 4. The monoisotopic (exact) mass is 634 g/mol. The van der Waals surface area contributed by atoms with Crippen molar-refractivity contribution >= 4 is 80.7 Å². The summed E-state index contributed by atoms with van der Waals surface area (Å²) >= 11 is 14.5. The van der Waals surface area contributed by atoms with Crippen molar-refractivity contribution in [1.29, 1.82) is 0 Å². The van der Waals surface area contributed by atoms with Crippen LogP contribution in [0.5, 0.6) is 5.75 Å². The van der Waals surface area contributed by atoms with E-state index in [2.05, 4.69) is 90.6 Å². The van der Waals surface area contributed by atoms with Crippen LogP contribution >= 0.6 is 63.7 Å². The second-order valence-corrected chi connectivity index (χ2v) is 9.83. The van der Waals surface area contributed by atoms with E-state index in [4.69, 9.17) is 9.72 Å². The minimum absolute atomic E-state index is 0.905. The molecule has 0 saturated carbocycles. The van der Waals surface area contributed by atoms with E-state index in [1.165, 1.54) is 5.56 Å². The molecule has 1 fully saturated rings. The van der Waals surface area contributed by atoms with Crippen molar-refractivity contribution in [1.82, 2.24) is 14.9 Å². The number of benzene rings is 2. The number of hydrogen-bond acceptors (Lipinski definition) is 4. The van der Waals surface area contributed by atoms with Crippen LogP contribution in [-0.4, -0.2) is 48.2 Å². The van der Waals surface area contributed by atoms with E-state index in [0.29, 0.717) is 0 Å². The van der Waals surface area contributed by atoms with Gasteiger partial charge in [0.05, 0.1) is 21.6 Å². The summed E-state index contributed by atoms with van der Waals surface area (Å²) in [5.74, 6) is 1.81. The standard InChI is InChI=1S/C19H18Br4N4O/c1-28-12-4-2-3-11(9-12)10-26-5-7-27(8-6-26)19-24-17-15(22)13(20)14(21)16(23)18(17)25-19/h2-4,9H,5-8,10H2,1H3,(H,24,25). The lowest BCUT2D eigenvalue weighted by atomic mass is 10.2. The number of piperazine rings is 1. The summed E-state index contributed by atoms with van der Waals surface area (Å²) in [7, 11) is 1.71. The van der Waals surface area contributed by atoms with Crippen LogP contribution in [-0.2, 0) is 6.54 Å². The van der Waals surface area contributed by atoms with Crippen LogP contribution in [0.15, 0.2) is 42.2 Å². The van der Waals surface area contributed by atoms with Crippen LogP contribution in [0.25, 0.3) is 11.0 Å². The summed E-state index contributed by atoms with van der Waals surface area (Å²) in [6, 6.07) is 8.29. The number of aromatic nitrogens is 2. The molecule has 148 valence electrons. The normalized spacial score (nSPS) is 15.4. The van der Waals surface area contributed by atoms with Gasteiger partial charge in [0.15, 0.2) is 0 Å². The number of ether oxygens (including phenoxy) is 1. The number of hydrogen-bond donors (Lipinski definition) is 1. The lowest BCUT2D eigenvalue weighted by Crippen LogP contribution is -2.46. The highest BCUT2D eigenvalue weighted by molar-refractivity contribution is 9.15. The molecule has 9 heteroatoms. The van der Waals surface area contributed by atoms with Gasteiger partial charge in [0, 0.05) is 41.7 Å². The third-order valence-corrected chi connectivity index (χ3v) is 9.66. The molecule has 0 atom stereocenters. The van der Waals surface area contributed by atoms with E-state index >= 15 is 0 Å². The second-order valence-electron chi connectivity index (χ2n) is 6.65. The van der Waals surface area contributed by atoms with Gasteiger partial charge in [0.2, 0.25) is 5.95 Å². The molecule has 0 spiro atoms. The van der Waals surface area contributed by atoms with Gasteiger partial charge in [-0.1, -0.05) is 12.1 Å². The molecule has 0 bridgehead atoms. The van der Waals surface area contributed by atoms with Gasteiger partial charge in [0.25, 0.3) is 0 Å². The number of imidazole rings is 1. The summed E-state index contributed by atoms with van der Waals surface area (Å²) in [5.41, 5.74) is 3.17. The fourth-order valence-corrected chi connectivity index (χ4v) is 5.67. The number of nitrogens with one attached hydrogen (secondary N) is 1. The Morgan fingerprint density at radius 2 is 1.71 bits per heavy atom. The number of fused-ring (bicyclic) bond motifs is 1. The predicted octanol–water partition coefficient (Wildman–Crippen LogP) is 5.94. The van der Waals surface area contributed by atoms with Crippen molar-refractivity contribution in [2.75, 3.05) is 38.2 Å². The van der Waals surface area contributed by atoms with Crippen molar-refractivity contribution in [3.05, 3.63) is 47.7 Å². The van der Waals surface area contributed by atoms with Crippen LogP contribution in [0.4, 0.5) is 5.95 Å². The molecule has 1 aliphatic rings.